The largest absolute Gasteiger partial charge is 0.416 e. The molecule has 0 unspecified atom stereocenters. The van der Waals surface area contributed by atoms with E-state index in [1.807, 2.05) is 0 Å². The van der Waals surface area contributed by atoms with Gasteiger partial charge >= 0.3 is 12.4 Å². The summed E-state index contributed by atoms with van der Waals surface area (Å²) in [5, 5.41) is 0. The van der Waals surface area contributed by atoms with Crippen LogP contribution in [0.15, 0.2) is 38.4 Å². The molecule has 0 aromatic heterocycles. The minimum absolute atomic E-state index is 0.00119. The Balaban J connectivity index is 2.60. The van der Waals surface area contributed by atoms with Crippen molar-refractivity contribution in [2.45, 2.75) is 12.4 Å². The molecule has 1 aliphatic heterocycles. The molecule has 1 aromatic carbocycles. The van der Waals surface area contributed by atoms with Crippen LogP contribution in [0.1, 0.15) is 16.7 Å². The fraction of sp³-hybridized carbons (Fsp3) is 0.154. The van der Waals surface area contributed by atoms with Crippen LogP contribution in [0.4, 0.5) is 26.3 Å². The quantitative estimate of drug-likeness (QED) is 0.583. The first-order valence-corrected chi connectivity index (χ1v) is 6.81. The Morgan fingerprint density at radius 1 is 1.00 bits per heavy atom. The third kappa shape index (κ3) is 3.83. The monoisotopic (exact) mass is 413 g/mol. The average Bonchev–Trinajstić information content (AvgIpc) is 2.93. The topological polar surface area (TPSA) is 67.8 Å². The number of hydrogen-bond donors (Lipinski definition) is 1. The number of allylic oxidation sites excluding steroid dienone is 1. The minimum atomic E-state index is -4.98. The molecule has 0 radical (unpaired) electrons. The molecule has 128 valence electrons. The number of alkyl halides is 6. The van der Waals surface area contributed by atoms with E-state index in [4.69, 9.17) is 5.73 Å². The first kappa shape index (κ1) is 18.2. The smallest absolute Gasteiger partial charge is 0.365 e. The van der Waals surface area contributed by atoms with E-state index in [-0.39, 0.29) is 16.2 Å². The zero-order valence-corrected chi connectivity index (χ0v) is 12.9. The van der Waals surface area contributed by atoms with Crippen LogP contribution in [0, 0.1) is 0 Å². The van der Waals surface area contributed by atoms with Crippen molar-refractivity contribution in [3.05, 3.63) is 45.1 Å². The van der Waals surface area contributed by atoms with Gasteiger partial charge in [0, 0.05) is 5.56 Å². The van der Waals surface area contributed by atoms with Crippen molar-refractivity contribution in [2.75, 3.05) is 0 Å². The van der Waals surface area contributed by atoms with Crippen LogP contribution in [0.5, 0.6) is 0 Å². The number of halogens is 7. The van der Waals surface area contributed by atoms with Gasteiger partial charge in [0.05, 0.1) is 17.3 Å². The van der Waals surface area contributed by atoms with Gasteiger partial charge in [0.2, 0.25) is 0 Å². The van der Waals surface area contributed by atoms with E-state index in [2.05, 4.69) is 25.9 Å². The van der Waals surface area contributed by atoms with Gasteiger partial charge in [-0.3, -0.25) is 4.79 Å². The van der Waals surface area contributed by atoms with Gasteiger partial charge in [-0.25, -0.2) is 9.98 Å². The van der Waals surface area contributed by atoms with Gasteiger partial charge < -0.3 is 5.73 Å². The second-order valence-electron chi connectivity index (χ2n) is 4.55. The van der Waals surface area contributed by atoms with E-state index in [1.165, 1.54) is 0 Å². The fourth-order valence-corrected chi connectivity index (χ4v) is 1.94. The number of carbonyl (C=O) groups is 1. The number of amidine groups is 1. The lowest BCUT2D eigenvalue weighted by atomic mass is 10.0. The van der Waals surface area contributed by atoms with Crippen molar-refractivity contribution in [3.63, 3.8) is 0 Å². The summed E-state index contributed by atoms with van der Waals surface area (Å²) in [6.07, 6.45) is -8.96. The maximum absolute atomic E-state index is 12.8. The molecule has 1 aromatic rings. The minimum Gasteiger partial charge on any atom is -0.365 e. The summed E-state index contributed by atoms with van der Waals surface area (Å²) in [5.74, 6) is -1.32. The van der Waals surface area contributed by atoms with Crippen LogP contribution in [-0.2, 0) is 17.1 Å². The molecule has 0 atom stereocenters. The summed E-state index contributed by atoms with van der Waals surface area (Å²) in [7, 11) is 0. The zero-order valence-electron chi connectivity index (χ0n) is 11.3. The number of aliphatic imine (C=N–C) groups is 2. The second-order valence-corrected chi connectivity index (χ2v) is 5.34. The highest BCUT2D eigenvalue weighted by Gasteiger charge is 2.37. The van der Waals surface area contributed by atoms with Crippen molar-refractivity contribution in [1.82, 2.24) is 0 Å². The Kier molecular flexibility index (Phi) is 4.57. The van der Waals surface area contributed by atoms with E-state index in [1.54, 1.807) is 0 Å². The van der Waals surface area contributed by atoms with Crippen molar-refractivity contribution in [2.24, 2.45) is 15.7 Å². The number of nitrogens with zero attached hydrogens (tertiary/aromatic N) is 2. The third-order valence-corrected chi connectivity index (χ3v) is 3.62. The predicted octanol–water partition coefficient (Wildman–Crippen LogP) is 3.65. The Morgan fingerprint density at radius 2 is 1.50 bits per heavy atom. The van der Waals surface area contributed by atoms with E-state index < -0.39 is 40.8 Å². The van der Waals surface area contributed by atoms with Crippen LogP contribution in [0.25, 0.3) is 0 Å². The molecule has 0 saturated carbocycles. The highest BCUT2D eigenvalue weighted by Crippen LogP contribution is 2.36. The zero-order chi connectivity index (χ0) is 18.3. The number of benzene rings is 1. The summed E-state index contributed by atoms with van der Waals surface area (Å²) >= 11 is 2.81. The van der Waals surface area contributed by atoms with Gasteiger partial charge in [-0.2, -0.15) is 26.3 Å². The Labute approximate surface area is 138 Å². The normalized spacial score (nSPS) is 17.0. The molecule has 0 fully saturated rings. The molecule has 0 spiro atoms. The summed E-state index contributed by atoms with van der Waals surface area (Å²) < 4.78 is 76.7. The molecule has 24 heavy (non-hydrogen) atoms. The standard InChI is InChI=1S/C13H6BrF6N3O/c14-9(10(21)24)8-4-22-11(23-8)5-1-6(12(15,16)17)3-7(2-5)13(18,19)20/h1-4H,(H2,21,24)/b9-8+. The number of rotatable bonds is 2. The lowest BCUT2D eigenvalue weighted by Crippen LogP contribution is -2.13. The molecule has 11 heteroatoms. The van der Waals surface area contributed by atoms with Gasteiger partial charge in [0.15, 0.2) is 5.84 Å². The molecule has 0 bridgehead atoms. The Hall–Kier alpha value is -2.17. The van der Waals surface area contributed by atoms with Crippen LogP contribution >= 0.6 is 15.9 Å². The van der Waals surface area contributed by atoms with Crippen LogP contribution in [0.2, 0.25) is 0 Å². The maximum atomic E-state index is 12.8. The average molecular weight is 414 g/mol. The molecule has 4 nitrogen and oxygen atoms in total. The highest BCUT2D eigenvalue weighted by atomic mass is 79.9. The first-order chi connectivity index (χ1) is 10.9. The van der Waals surface area contributed by atoms with Crippen LogP contribution in [-0.4, -0.2) is 18.0 Å². The SMILES string of the molecule is NC(=O)/C(Br)=C1/C=NC(c2cc(C(F)(F)F)cc(C(F)(F)F)c2)=N1. The van der Waals surface area contributed by atoms with Crippen molar-refractivity contribution in [3.8, 4) is 0 Å². The number of primary amides is 1. The number of hydrogen-bond acceptors (Lipinski definition) is 3. The Morgan fingerprint density at radius 3 is 1.92 bits per heavy atom. The third-order valence-electron chi connectivity index (χ3n) is 2.82. The van der Waals surface area contributed by atoms with E-state index >= 15 is 0 Å². The molecule has 1 aliphatic rings. The van der Waals surface area contributed by atoms with Crippen molar-refractivity contribution >= 4 is 33.9 Å². The van der Waals surface area contributed by atoms with Gasteiger partial charge in [-0.05, 0) is 34.1 Å². The summed E-state index contributed by atoms with van der Waals surface area (Å²) in [6, 6.07) is 0.984. The van der Waals surface area contributed by atoms with Gasteiger partial charge in [0.25, 0.3) is 5.91 Å². The van der Waals surface area contributed by atoms with Crippen LogP contribution < -0.4 is 5.73 Å². The van der Waals surface area contributed by atoms with Crippen LogP contribution in [0.3, 0.4) is 0 Å². The van der Waals surface area contributed by atoms with Gasteiger partial charge in [-0.1, -0.05) is 0 Å². The molecule has 2 N–H and O–H groups in total. The number of amides is 1. The predicted molar refractivity (Wildman–Crippen MR) is 76.6 cm³/mol. The lowest BCUT2D eigenvalue weighted by Gasteiger charge is -2.13. The number of nitrogens with two attached hydrogens (primary N) is 1. The number of carbonyl (C=O) groups excluding carboxylic acids is 1. The van der Waals surface area contributed by atoms with Crippen molar-refractivity contribution in [1.29, 1.82) is 0 Å². The van der Waals surface area contributed by atoms with Gasteiger partial charge in [-0.15, -0.1) is 0 Å². The molecule has 1 amide bonds. The summed E-state index contributed by atoms with van der Waals surface area (Å²) in [5.41, 5.74) is 1.41. The summed E-state index contributed by atoms with van der Waals surface area (Å²) in [4.78, 5) is 18.3. The highest BCUT2D eigenvalue weighted by molar-refractivity contribution is 9.12. The van der Waals surface area contributed by atoms with Gasteiger partial charge in [0.1, 0.15) is 10.2 Å². The van der Waals surface area contributed by atoms with Crippen molar-refractivity contribution < 1.29 is 31.1 Å². The molecular weight excluding hydrogens is 408 g/mol. The molecule has 1 heterocycles. The van der Waals surface area contributed by atoms with E-state index in [0.717, 1.165) is 6.21 Å². The lowest BCUT2D eigenvalue weighted by molar-refractivity contribution is -0.143. The fourth-order valence-electron chi connectivity index (χ4n) is 1.75. The molecule has 0 saturated heterocycles. The summed E-state index contributed by atoms with van der Waals surface area (Å²) in [6.45, 7) is 0. The maximum Gasteiger partial charge on any atom is 0.416 e. The molecule has 0 aliphatic carbocycles. The first-order valence-electron chi connectivity index (χ1n) is 6.02. The van der Waals surface area contributed by atoms with E-state index in [0.29, 0.717) is 12.1 Å². The second kappa shape index (κ2) is 6.04. The molecule has 2 rings (SSSR count). The molecular formula is C13H6BrF6N3O. The van der Waals surface area contributed by atoms with E-state index in [9.17, 15) is 31.1 Å². The Bertz CT molecular complexity index is 760.